The minimum atomic E-state index is 0.324. The maximum absolute atomic E-state index is 5.49. The molecule has 0 bridgehead atoms. The van der Waals surface area contributed by atoms with Crippen LogP contribution in [-0.4, -0.2) is 39.6 Å². The van der Waals surface area contributed by atoms with Crippen LogP contribution >= 0.6 is 0 Å². The first kappa shape index (κ1) is 102. The molecule has 2 unspecified atom stereocenters. The van der Waals surface area contributed by atoms with Crippen molar-refractivity contribution in [2.24, 2.45) is 21.7 Å². The lowest BCUT2D eigenvalue weighted by Gasteiger charge is -2.27. The summed E-state index contributed by atoms with van der Waals surface area (Å²) in [5, 5.41) is 0. The Morgan fingerprint density at radius 2 is 0.651 bits per heavy atom. The van der Waals surface area contributed by atoms with E-state index in [-0.39, 0.29) is 0 Å². The van der Waals surface area contributed by atoms with E-state index in [1.807, 2.05) is 145 Å². The molecule has 0 spiro atoms. The van der Waals surface area contributed by atoms with E-state index in [1.165, 1.54) is 142 Å². The minimum absolute atomic E-state index is 0.324. The summed E-state index contributed by atoms with van der Waals surface area (Å²) in [5.41, 5.74) is 22.5. The Morgan fingerprint density at radius 3 is 1.00 bits per heavy atom. The van der Waals surface area contributed by atoms with Crippen LogP contribution in [0, 0.1) is 21.7 Å². The Balaban J connectivity index is 0. The van der Waals surface area contributed by atoms with Crippen LogP contribution in [0.2, 0.25) is 0 Å². The fourth-order valence-electron chi connectivity index (χ4n) is 13.4. The van der Waals surface area contributed by atoms with Crippen LogP contribution in [-0.2, 0) is 68.1 Å². The second-order valence-corrected chi connectivity index (χ2v) is 28.6. The molecule has 6 aromatic carbocycles. The van der Waals surface area contributed by atoms with Crippen molar-refractivity contribution in [3.05, 3.63) is 238 Å². The third-order valence-electron chi connectivity index (χ3n) is 19.2. The average molecular weight is 1460 g/mol. The summed E-state index contributed by atoms with van der Waals surface area (Å²) in [7, 11) is 0. The standard InChI is InChI=1S/C16H24O.C16H22O.C16H24O.C16H22O.2C12H16O.6C2H6/c2*1-4-17-12-13-7-5-8-14(11-13)15-9-6-10-16(15,2)3;2*1-4-17-12-13-7-9-14(10-8-13)15-6-5-11-16(15,2)3;1-4-13-9-11-5-7-12(8-6-11)10(2)3;1-4-13-9-11-6-5-7-12(8-11)10(2)3;6*1-2/h5,7-8,11,15H,4,6,9-10,12H2,1-3H3;5,7-9,11H,4,6,10,12H2,1-3H3;7-10,15H,4-6,11-12H2,1-3H3;6-10H,4-5,11-12H2,1-3H3;2*5-8H,2,4,9H2,1,3H3;6*1-2H3. The van der Waals surface area contributed by atoms with Gasteiger partial charge in [0.05, 0.1) is 39.6 Å². The zero-order valence-electron chi connectivity index (χ0n) is 73.6. The van der Waals surface area contributed by atoms with Crippen LogP contribution < -0.4 is 0 Å². The van der Waals surface area contributed by atoms with Gasteiger partial charge in [-0.15, -0.1) is 0 Å². The van der Waals surface area contributed by atoms with Gasteiger partial charge in [-0.2, -0.15) is 0 Å². The van der Waals surface area contributed by atoms with Crippen molar-refractivity contribution in [2.45, 2.75) is 310 Å². The molecule has 4 aliphatic carbocycles. The van der Waals surface area contributed by atoms with Gasteiger partial charge in [0.15, 0.2) is 0 Å². The van der Waals surface area contributed by atoms with Crippen molar-refractivity contribution in [2.75, 3.05) is 39.6 Å². The summed E-state index contributed by atoms with van der Waals surface area (Å²) in [6, 6.07) is 52.2. The summed E-state index contributed by atoms with van der Waals surface area (Å²) < 4.78 is 32.4. The molecule has 2 fully saturated rings. The monoisotopic (exact) mass is 1460 g/mol. The van der Waals surface area contributed by atoms with E-state index >= 15 is 0 Å². The Labute approximate surface area is 655 Å². The first-order valence-electron chi connectivity index (χ1n) is 41.7. The highest BCUT2D eigenvalue weighted by Crippen LogP contribution is 2.50. The molecule has 0 heterocycles. The Morgan fingerprint density at radius 1 is 0.330 bits per heavy atom. The van der Waals surface area contributed by atoms with Crippen molar-refractivity contribution in [3.8, 4) is 0 Å². The summed E-state index contributed by atoms with van der Waals surface area (Å²) in [4.78, 5) is 0. The molecule has 4 aliphatic rings. The van der Waals surface area contributed by atoms with Gasteiger partial charge in [0.2, 0.25) is 0 Å². The van der Waals surface area contributed by atoms with Gasteiger partial charge in [-0.05, 0) is 230 Å². The number of rotatable bonds is 24. The molecule has 10 rings (SSSR count). The van der Waals surface area contributed by atoms with Gasteiger partial charge in [-0.25, -0.2) is 0 Å². The molecule has 6 heteroatoms. The second-order valence-electron chi connectivity index (χ2n) is 28.6. The zero-order chi connectivity index (χ0) is 80.6. The third-order valence-corrected chi connectivity index (χ3v) is 19.2. The van der Waals surface area contributed by atoms with Gasteiger partial charge in [-0.3, -0.25) is 0 Å². The molecule has 6 aromatic rings. The molecular weight excluding hydrogens is 1300 g/mol. The minimum Gasteiger partial charge on any atom is -0.377 e. The SMILES string of the molecule is C=C(C)c1ccc(COCC)cc1.C=C(C)c1cccc(COCC)c1.CC.CC.CC.CC.CC.CC.CCOCc1ccc(C2=CCCC2(C)C)cc1.CCOCc1ccc(C2CCCC2(C)C)cc1.CCOCc1cccc(C2=CCCC2(C)C)c1.CCOCc1cccc(C2CCCC2(C)C)c1. The normalized spacial score (nSPS) is 16.0. The van der Waals surface area contributed by atoms with E-state index in [1.54, 1.807) is 0 Å². The summed E-state index contributed by atoms with van der Waals surface area (Å²) in [5.74, 6) is 1.47. The average Bonchev–Trinajstić information content (AvgIpc) is 1.67. The number of hydrogen-bond acceptors (Lipinski definition) is 6. The van der Waals surface area contributed by atoms with Gasteiger partial charge >= 0.3 is 0 Å². The lowest BCUT2D eigenvalue weighted by Crippen LogP contribution is -2.15. The molecule has 0 aromatic heterocycles. The van der Waals surface area contributed by atoms with Crippen LogP contribution in [0.3, 0.4) is 0 Å². The molecule has 2 atom stereocenters. The number of allylic oxidation sites excluding steroid dienone is 6. The van der Waals surface area contributed by atoms with Crippen LogP contribution in [0.1, 0.15) is 337 Å². The first-order valence-corrected chi connectivity index (χ1v) is 41.7. The van der Waals surface area contributed by atoms with Gasteiger partial charge in [0.1, 0.15) is 0 Å². The van der Waals surface area contributed by atoms with Crippen LogP contribution in [0.5, 0.6) is 0 Å². The molecule has 596 valence electrons. The maximum Gasteiger partial charge on any atom is 0.0716 e. The predicted octanol–water partition coefficient (Wildman–Crippen LogP) is 30.6. The molecule has 106 heavy (non-hydrogen) atoms. The molecular formula is C100H160O6. The Kier molecular flexibility index (Phi) is 57.7. The third kappa shape index (κ3) is 38.9. The van der Waals surface area contributed by atoms with Gasteiger partial charge in [0.25, 0.3) is 0 Å². The molecule has 6 nitrogen and oxygen atoms in total. The highest BCUT2D eigenvalue weighted by molar-refractivity contribution is 5.73. The van der Waals surface area contributed by atoms with Crippen LogP contribution in [0.25, 0.3) is 22.3 Å². The van der Waals surface area contributed by atoms with E-state index < -0.39 is 0 Å². The summed E-state index contributed by atoms with van der Waals surface area (Å²) in [6.45, 7) is 75.9. The van der Waals surface area contributed by atoms with Crippen molar-refractivity contribution in [3.63, 3.8) is 0 Å². The van der Waals surface area contributed by atoms with E-state index in [4.69, 9.17) is 28.4 Å². The summed E-state index contributed by atoms with van der Waals surface area (Å²) >= 11 is 0. The zero-order valence-corrected chi connectivity index (χ0v) is 73.6. The first-order chi connectivity index (χ1) is 51.0. The van der Waals surface area contributed by atoms with E-state index in [0.29, 0.717) is 34.9 Å². The fourth-order valence-corrected chi connectivity index (χ4v) is 13.4. The molecule has 0 N–H and O–H groups in total. The lowest BCUT2D eigenvalue weighted by molar-refractivity contribution is 0.134. The van der Waals surface area contributed by atoms with Gasteiger partial charge < -0.3 is 28.4 Å². The van der Waals surface area contributed by atoms with Crippen molar-refractivity contribution >= 4 is 22.3 Å². The Bertz CT molecular complexity index is 3210. The van der Waals surface area contributed by atoms with E-state index in [0.717, 1.165) is 89.1 Å². The Hall–Kier alpha value is -5.96. The number of hydrogen-bond donors (Lipinski definition) is 0. The maximum atomic E-state index is 5.49. The highest BCUT2D eigenvalue weighted by atomic mass is 16.5. The second kappa shape index (κ2) is 59.9. The summed E-state index contributed by atoms with van der Waals surface area (Å²) in [6.07, 6.45) is 17.9. The van der Waals surface area contributed by atoms with Gasteiger partial charge in [0, 0.05) is 39.6 Å². The van der Waals surface area contributed by atoms with Crippen molar-refractivity contribution in [1.82, 2.24) is 0 Å². The van der Waals surface area contributed by atoms with Crippen LogP contribution in [0.15, 0.2) is 171 Å². The molecule has 0 aliphatic heterocycles. The predicted molar refractivity (Wildman–Crippen MR) is 471 cm³/mol. The fraction of sp³-hybridized carbons (Fsp3) is 0.560. The van der Waals surface area contributed by atoms with E-state index in [9.17, 15) is 0 Å². The highest BCUT2D eigenvalue weighted by Gasteiger charge is 2.36. The largest absolute Gasteiger partial charge is 0.377 e. The lowest BCUT2D eigenvalue weighted by atomic mass is 9.77. The molecule has 2 saturated carbocycles. The molecule has 0 saturated heterocycles. The van der Waals surface area contributed by atoms with Crippen LogP contribution in [0.4, 0.5) is 0 Å². The van der Waals surface area contributed by atoms with Gasteiger partial charge in [-0.1, -0.05) is 321 Å². The van der Waals surface area contributed by atoms with E-state index in [2.05, 4.69) is 220 Å². The van der Waals surface area contributed by atoms with Crippen molar-refractivity contribution < 1.29 is 28.4 Å². The molecule has 0 amide bonds. The quantitative estimate of drug-likeness (QED) is 0.0602. The van der Waals surface area contributed by atoms with Crippen molar-refractivity contribution in [1.29, 1.82) is 0 Å². The molecule has 0 radical (unpaired) electrons. The topological polar surface area (TPSA) is 55.4 Å². The smallest absolute Gasteiger partial charge is 0.0716 e. The number of benzene rings is 6. The number of ether oxygens (including phenoxy) is 6.